The Kier molecular flexibility index (Phi) is 4.47. The van der Waals surface area contributed by atoms with Gasteiger partial charge in [0.15, 0.2) is 0 Å². The van der Waals surface area contributed by atoms with Crippen molar-refractivity contribution in [3.05, 3.63) is 35.9 Å². The van der Waals surface area contributed by atoms with Crippen molar-refractivity contribution in [1.82, 2.24) is 4.90 Å². The zero-order chi connectivity index (χ0) is 16.6. The quantitative estimate of drug-likeness (QED) is 0.764. The number of likely N-dealkylation sites (N-methyl/N-ethyl adjacent to an activating group) is 1. The molecule has 3 rings (SSSR count). The lowest BCUT2D eigenvalue weighted by molar-refractivity contribution is -0.151. The Labute approximate surface area is 137 Å². The first-order valence-corrected chi connectivity index (χ1v) is 10.1. The Morgan fingerprint density at radius 2 is 2.00 bits per heavy atom. The van der Waals surface area contributed by atoms with Crippen molar-refractivity contribution >= 4 is 15.8 Å². The highest BCUT2D eigenvalue weighted by Crippen LogP contribution is 2.38. The first-order chi connectivity index (χ1) is 10.8. The van der Waals surface area contributed by atoms with Gasteiger partial charge in [-0.3, -0.25) is 9.69 Å². The number of esters is 1. The van der Waals surface area contributed by atoms with Gasteiger partial charge in [-0.25, -0.2) is 8.42 Å². The molecular formula is C17H23NO4S. The maximum Gasteiger partial charge on any atom is 0.314 e. The summed E-state index contributed by atoms with van der Waals surface area (Å²) in [7, 11) is -1.21. The number of hydrogen-bond acceptors (Lipinski definition) is 5. The Morgan fingerprint density at radius 1 is 1.30 bits per heavy atom. The maximum atomic E-state index is 12.7. The summed E-state index contributed by atoms with van der Waals surface area (Å²) in [6.45, 7) is 0. The topological polar surface area (TPSA) is 63.7 Å². The second kappa shape index (κ2) is 6.24. The highest BCUT2D eigenvalue weighted by Gasteiger charge is 2.46. The van der Waals surface area contributed by atoms with Crippen molar-refractivity contribution in [3.63, 3.8) is 0 Å². The molecule has 0 aromatic heterocycles. The summed E-state index contributed by atoms with van der Waals surface area (Å²) >= 11 is 0. The average Bonchev–Trinajstić information content (AvgIpc) is 2.99. The fourth-order valence-corrected chi connectivity index (χ4v) is 4.78. The molecule has 0 N–H and O–H groups in total. The Hall–Kier alpha value is -1.40. The third-order valence-electron chi connectivity index (χ3n) is 5.05. The molecule has 23 heavy (non-hydrogen) atoms. The van der Waals surface area contributed by atoms with E-state index in [1.54, 1.807) is 12.1 Å². The molecule has 2 aliphatic heterocycles. The van der Waals surface area contributed by atoms with Gasteiger partial charge in [0.05, 0.1) is 11.7 Å². The van der Waals surface area contributed by atoms with Crippen LogP contribution in [0.25, 0.3) is 0 Å². The molecule has 4 atom stereocenters. The van der Waals surface area contributed by atoms with Crippen molar-refractivity contribution in [3.8, 4) is 0 Å². The standard InChI is InChI=1S/C17H23NO4S/c1-18-13-8-9-15(18)16(10-13)22-17(19)14(11-23(2,20)21)12-6-4-3-5-7-12/h3-7,13-16H,8-11H2,1-2H3/t13?,14?,15?,16-/m0/s1. The van der Waals surface area contributed by atoms with Gasteiger partial charge < -0.3 is 4.74 Å². The molecule has 2 fully saturated rings. The monoisotopic (exact) mass is 337 g/mol. The zero-order valence-electron chi connectivity index (χ0n) is 13.5. The number of ether oxygens (including phenoxy) is 1. The third-order valence-corrected chi connectivity index (χ3v) is 5.99. The van der Waals surface area contributed by atoms with Crippen LogP contribution in [0.5, 0.6) is 0 Å². The Bertz CT molecular complexity index is 673. The highest BCUT2D eigenvalue weighted by molar-refractivity contribution is 7.90. The van der Waals surface area contributed by atoms with Gasteiger partial charge in [0, 0.05) is 24.8 Å². The predicted molar refractivity (Wildman–Crippen MR) is 88.0 cm³/mol. The smallest absolute Gasteiger partial charge is 0.314 e. The van der Waals surface area contributed by atoms with Crippen LogP contribution in [0.1, 0.15) is 30.7 Å². The third kappa shape index (κ3) is 3.58. The number of hydrogen-bond donors (Lipinski definition) is 0. The lowest BCUT2D eigenvalue weighted by atomic mass is 9.97. The van der Waals surface area contributed by atoms with Crippen LogP contribution in [-0.2, 0) is 19.4 Å². The van der Waals surface area contributed by atoms with Crippen LogP contribution >= 0.6 is 0 Å². The van der Waals surface area contributed by atoms with Crippen molar-refractivity contribution in [2.45, 2.75) is 43.4 Å². The van der Waals surface area contributed by atoms with Crippen LogP contribution in [0.15, 0.2) is 30.3 Å². The van der Waals surface area contributed by atoms with Crippen molar-refractivity contribution in [2.75, 3.05) is 19.1 Å². The van der Waals surface area contributed by atoms with Crippen molar-refractivity contribution in [1.29, 1.82) is 0 Å². The minimum absolute atomic E-state index is 0.114. The molecule has 2 saturated heterocycles. The number of carbonyl (C=O) groups excluding carboxylic acids is 1. The first-order valence-electron chi connectivity index (χ1n) is 8.00. The van der Waals surface area contributed by atoms with E-state index in [9.17, 15) is 13.2 Å². The van der Waals surface area contributed by atoms with Crippen LogP contribution in [0.2, 0.25) is 0 Å². The van der Waals surface area contributed by atoms with Crippen molar-refractivity contribution in [2.24, 2.45) is 0 Å². The van der Waals surface area contributed by atoms with Crippen molar-refractivity contribution < 1.29 is 17.9 Å². The molecule has 0 aliphatic carbocycles. The molecule has 0 spiro atoms. The minimum Gasteiger partial charge on any atom is -0.460 e. The fourth-order valence-electron chi connectivity index (χ4n) is 3.85. The molecule has 2 bridgehead atoms. The van der Waals surface area contributed by atoms with Gasteiger partial charge in [-0.05, 0) is 25.5 Å². The SMILES string of the molecule is CN1C2CCC1[C@@H](OC(=O)C(CS(C)(=O)=O)c1ccccc1)C2. The second-order valence-corrected chi connectivity index (χ2v) is 8.92. The average molecular weight is 337 g/mol. The van der Waals surface area contributed by atoms with Gasteiger partial charge in [0.25, 0.3) is 0 Å². The van der Waals surface area contributed by atoms with Crippen LogP contribution in [0.3, 0.4) is 0 Å². The van der Waals surface area contributed by atoms with E-state index >= 15 is 0 Å². The normalized spacial score (nSPS) is 28.7. The maximum absolute atomic E-state index is 12.7. The van der Waals surface area contributed by atoms with Crippen LogP contribution in [0, 0.1) is 0 Å². The number of benzene rings is 1. The molecule has 1 aromatic rings. The number of fused-ring (bicyclic) bond motifs is 2. The minimum atomic E-state index is -3.28. The molecule has 0 radical (unpaired) electrons. The summed E-state index contributed by atoms with van der Waals surface area (Å²) in [6.07, 6.45) is 4.09. The van der Waals surface area contributed by atoms with E-state index in [0.717, 1.165) is 25.5 Å². The second-order valence-electron chi connectivity index (χ2n) is 6.73. The number of sulfone groups is 1. The van der Waals surface area contributed by atoms with E-state index in [1.165, 1.54) is 0 Å². The lowest BCUT2D eigenvalue weighted by Gasteiger charge is -2.24. The predicted octanol–water partition coefficient (Wildman–Crippen LogP) is 1.59. The molecule has 5 nitrogen and oxygen atoms in total. The van der Waals surface area contributed by atoms with Gasteiger partial charge in [0.1, 0.15) is 15.9 Å². The summed E-state index contributed by atoms with van der Waals surface area (Å²) in [5.41, 5.74) is 0.694. The molecule has 2 heterocycles. The van der Waals surface area contributed by atoms with E-state index < -0.39 is 21.7 Å². The molecular weight excluding hydrogens is 314 g/mol. The zero-order valence-corrected chi connectivity index (χ0v) is 14.3. The van der Waals surface area contributed by atoms with Gasteiger partial charge >= 0.3 is 5.97 Å². The largest absolute Gasteiger partial charge is 0.460 e. The summed E-state index contributed by atoms with van der Waals surface area (Å²) in [4.78, 5) is 14.9. The van der Waals surface area contributed by atoms with Gasteiger partial charge in [-0.2, -0.15) is 0 Å². The molecule has 1 aromatic carbocycles. The fraction of sp³-hybridized carbons (Fsp3) is 0.588. The Balaban J connectivity index is 1.76. The summed E-state index contributed by atoms with van der Waals surface area (Å²) in [5.74, 6) is -1.39. The highest BCUT2D eigenvalue weighted by atomic mass is 32.2. The van der Waals surface area contributed by atoms with E-state index in [0.29, 0.717) is 11.6 Å². The summed E-state index contributed by atoms with van der Waals surface area (Å²) < 4.78 is 29.2. The lowest BCUT2D eigenvalue weighted by Crippen LogP contribution is -2.35. The van der Waals surface area contributed by atoms with Crippen LogP contribution < -0.4 is 0 Å². The number of carbonyl (C=O) groups is 1. The van der Waals surface area contributed by atoms with Gasteiger partial charge in [-0.15, -0.1) is 0 Å². The van der Waals surface area contributed by atoms with Gasteiger partial charge in [0.2, 0.25) is 0 Å². The molecule has 126 valence electrons. The van der Waals surface area contributed by atoms with Gasteiger partial charge in [-0.1, -0.05) is 30.3 Å². The van der Waals surface area contributed by atoms with E-state index in [-0.39, 0.29) is 17.9 Å². The summed E-state index contributed by atoms with van der Waals surface area (Å²) in [5, 5.41) is 0. The van der Waals surface area contributed by atoms with Crippen LogP contribution in [-0.4, -0.2) is 56.5 Å². The van der Waals surface area contributed by atoms with Crippen LogP contribution in [0.4, 0.5) is 0 Å². The first kappa shape index (κ1) is 16.5. The molecule has 6 heteroatoms. The van der Waals surface area contributed by atoms with E-state index in [4.69, 9.17) is 4.74 Å². The van der Waals surface area contributed by atoms with E-state index in [2.05, 4.69) is 11.9 Å². The number of rotatable bonds is 5. The molecule has 0 saturated carbocycles. The summed E-state index contributed by atoms with van der Waals surface area (Å²) in [6, 6.07) is 9.79. The molecule has 3 unspecified atom stereocenters. The number of nitrogens with zero attached hydrogens (tertiary/aromatic N) is 1. The molecule has 2 aliphatic rings. The molecule has 0 amide bonds. The Morgan fingerprint density at radius 3 is 2.52 bits per heavy atom. The van der Waals surface area contributed by atoms with E-state index in [1.807, 2.05) is 18.2 Å².